The first-order valence-corrected chi connectivity index (χ1v) is 5.59. The van der Waals surface area contributed by atoms with Crippen molar-refractivity contribution in [3.8, 4) is 0 Å². The maximum absolute atomic E-state index is 5.84. The largest absolute Gasteiger partial charge is 0.328 e. The molecule has 0 atom stereocenters. The van der Waals surface area contributed by atoms with Crippen LogP contribution in [0.5, 0.6) is 0 Å². The minimum Gasteiger partial charge on any atom is -0.328 e. The molecule has 1 saturated heterocycles. The molecule has 2 radical (unpaired) electrons. The summed E-state index contributed by atoms with van der Waals surface area (Å²) >= 11 is 0. The normalized spacial score (nSPS) is 20.5. The number of hydrogen-bond acceptors (Lipinski definition) is 3. The first kappa shape index (κ1) is 12.0. The van der Waals surface area contributed by atoms with E-state index in [2.05, 4.69) is 16.8 Å². The highest BCUT2D eigenvalue weighted by Crippen LogP contribution is 2.08. The maximum atomic E-state index is 5.84. The molecule has 0 amide bonds. The number of piperidine rings is 1. The molecule has 14 heavy (non-hydrogen) atoms. The molecule has 0 aromatic rings. The zero-order valence-electron chi connectivity index (χ0n) is 9.28. The molecular formula is C10H22BN3. The fraction of sp³-hybridized carbons (Fsp3) is 1.00. The van der Waals surface area contributed by atoms with Gasteiger partial charge < -0.3 is 15.5 Å². The average molecular weight is 195 g/mol. The number of hydrogen-bond donors (Lipinski definition) is 1. The molecule has 1 rings (SSSR count). The van der Waals surface area contributed by atoms with E-state index >= 15 is 0 Å². The van der Waals surface area contributed by atoms with Crippen LogP contribution in [0.3, 0.4) is 0 Å². The van der Waals surface area contributed by atoms with Gasteiger partial charge in [-0.2, -0.15) is 0 Å². The standard InChI is InChI=1S/C10H22BN3/c1-13(9-11)5-2-6-14-7-3-10(12)4-8-14/h10H,2-9,12H2,1H3. The van der Waals surface area contributed by atoms with Gasteiger partial charge in [0.25, 0.3) is 0 Å². The highest BCUT2D eigenvalue weighted by Gasteiger charge is 2.14. The van der Waals surface area contributed by atoms with Crippen LogP contribution in [0.2, 0.25) is 0 Å². The van der Waals surface area contributed by atoms with Crippen LogP contribution in [0.15, 0.2) is 0 Å². The van der Waals surface area contributed by atoms with Crippen LogP contribution in [0.4, 0.5) is 0 Å². The third-order valence-electron chi connectivity index (χ3n) is 2.96. The van der Waals surface area contributed by atoms with Crippen molar-refractivity contribution in [3.05, 3.63) is 0 Å². The summed E-state index contributed by atoms with van der Waals surface area (Å²) in [4.78, 5) is 4.66. The van der Waals surface area contributed by atoms with Gasteiger partial charge in [-0.3, -0.25) is 0 Å². The van der Waals surface area contributed by atoms with Gasteiger partial charge in [-0.05, 0) is 58.9 Å². The quantitative estimate of drug-likeness (QED) is 0.619. The van der Waals surface area contributed by atoms with Crippen molar-refractivity contribution in [2.45, 2.75) is 25.3 Å². The van der Waals surface area contributed by atoms with E-state index in [1.807, 2.05) is 0 Å². The zero-order chi connectivity index (χ0) is 10.4. The molecule has 80 valence electrons. The fourth-order valence-electron chi connectivity index (χ4n) is 1.83. The SMILES string of the molecule is [B]CN(C)CCCN1CCC(N)CC1. The Kier molecular flexibility index (Phi) is 5.52. The van der Waals surface area contributed by atoms with Crippen LogP contribution >= 0.6 is 0 Å². The van der Waals surface area contributed by atoms with Crippen molar-refractivity contribution >= 4 is 7.85 Å². The molecule has 0 saturated carbocycles. The summed E-state index contributed by atoms with van der Waals surface area (Å²) in [5, 5.41) is 0. The lowest BCUT2D eigenvalue weighted by Crippen LogP contribution is -2.40. The molecule has 4 heteroatoms. The van der Waals surface area contributed by atoms with E-state index in [1.54, 1.807) is 0 Å². The Labute approximate surface area is 89.0 Å². The molecule has 0 aromatic heterocycles. The van der Waals surface area contributed by atoms with E-state index in [-0.39, 0.29) is 0 Å². The van der Waals surface area contributed by atoms with Gasteiger partial charge in [0.1, 0.15) is 0 Å². The lowest BCUT2D eigenvalue weighted by Gasteiger charge is -2.30. The molecule has 3 nitrogen and oxygen atoms in total. The lowest BCUT2D eigenvalue weighted by atomic mass is 10.1. The first-order valence-electron chi connectivity index (χ1n) is 5.59. The van der Waals surface area contributed by atoms with Gasteiger partial charge in [-0.25, -0.2) is 0 Å². The highest BCUT2D eigenvalue weighted by atomic mass is 15.1. The molecule has 1 aliphatic rings. The van der Waals surface area contributed by atoms with Gasteiger partial charge in [-0.15, -0.1) is 0 Å². The van der Waals surface area contributed by atoms with E-state index in [1.165, 1.54) is 26.1 Å². The Morgan fingerprint density at radius 3 is 2.64 bits per heavy atom. The minimum atomic E-state index is 0.443. The van der Waals surface area contributed by atoms with Gasteiger partial charge in [-0.1, -0.05) is 0 Å². The summed E-state index contributed by atoms with van der Waals surface area (Å²) in [5.41, 5.74) is 5.84. The summed E-state index contributed by atoms with van der Waals surface area (Å²) in [7, 11) is 7.57. The second-order valence-electron chi connectivity index (χ2n) is 4.29. The smallest absolute Gasteiger partial charge is 0.0863 e. The van der Waals surface area contributed by atoms with Crippen molar-refractivity contribution < 1.29 is 0 Å². The van der Waals surface area contributed by atoms with Gasteiger partial charge in [0, 0.05) is 6.04 Å². The average Bonchev–Trinajstić information content (AvgIpc) is 2.21. The Balaban J connectivity index is 2.02. The van der Waals surface area contributed by atoms with Crippen LogP contribution in [0, 0.1) is 0 Å². The minimum absolute atomic E-state index is 0.443. The topological polar surface area (TPSA) is 32.5 Å². The maximum Gasteiger partial charge on any atom is 0.0863 e. The zero-order valence-corrected chi connectivity index (χ0v) is 9.28. The van der Waals surface area contributed by atoms with Crippen molar-refractivity contribution in [1.82, 2.24) is 9.80 Å². The molecule has 1 fully saturated rings. The summed E-state index contributed by atoms with van der Waals surface area (Å²) in [5.74, 6) is 0. The molecule has 0 bridgehead atoms. The van der Waals surface area contributed by atoms with Crippen LogP contribution in [0.25, 0.3) is 0 Å². The molecule has 0 unspecified atom stereocenters. The molecule has 0 aliphatic carbocycles. The highest BCUT2D eigenvalue weighted by molar-refractivity contribution is 6.08. The van der Waals surface area contributed by atoms with Crippen molar-refractivity contribution in [1.29, 1.82) is 0 Å². The Morgan fingerprint density at radius 2 is 2.07 bits per heavy atom. The Hall–Kier alpha value is -0.0551. The lowest BCUT2D eigenvalue weighted by molar-refractivity contribution is 0.203. The van der Waals surface area contributed by atoms with Crippen molar-refractivity contribution in [3.63, 3.8) is 0 Å². The molecular weight excluding hydrogens is 173 g/mol. The van der Waals surface area contributed by atoms with E-state index in [9.17, 15) is 0 Å². The number of nitrogens with two attached hydrogens (primary N) is 1. The summed E-state index contributed by atoms with van der Waals surface area (Å²) in [6.45, 7) is 4.64. The summed E-state index contributed by atoms with van der Waals surface area (Å²) in [6, 6.07) is 0.443. The summed E-state index contributed by atoms with van der Waals surface area (Å²) in [6.07, 6.45) is 4.19. The number of nitrogens with zero attached hydrogens (tertiary/aromatic N) is 2. The fourth-order valence-corrected chi connectivity index (χ4v) is 1.83. The first-order chi connectivity index (χ1) is 6.72. The molecule has 0 aromatic carbocycles. The second kappa shape index (κ2) is 6.43. The Bertz CT molecular complexity index is 146. The third kappa shape index (κ3) is 4.44. The van der Waals surface area contributed by atoms with Crippen molar-refractivity contribution in [2.75, 3.05) is 39.7 Å². The van der Waals surface area contributed by atoms with Crippen LogP contribution in [-0.2, 0) is 0 Å². The van der Waals surface area contributed by atoms with Gasteiger partial charge in [0.2, 0.25) is 0 Å². The Morgan fingerprint density at radius 1 is 1.43 bits per heavy atom. The van der Waals surface area contributed by atoms with Gasteiger partial charge in [0.15, 0.2) is 0 Å². The van der Waals surface area contributed by atoms with Gasteiger partial charge in [0.05, 0.1) is 7.85 Å². The van der Waals surface area contributed by atoms with Crippen molar-refractivity contribution in [2.24, 2.45) is 5.73 Å². The van der Waals surface area contributed by atoms with Gasteiger partial charge >= 0.3 is 0 Å². The number of likely N-dealkylation sites (tertiary alicyclic amines) is 1. The van der Waals surface area contributed by atoms with Crippen LogP contribution in [-0.4, -0.2) is 63.4 Å². The van der Waals surface area contributed by atoms with E-state index in [0.29, 0.717) is 12.5 Å². The number of rotatable bonds is 5. The van der Waals surface area contributed by atoms with E-state index in [4.69, 9.17) is 13.6 Å². The second-order valence-corrected chi connectivity index (χ2v) is 4.29. The summed E-state index contributed by atoms with van der Waals surface area (Å²) < 4.78 is 0. The van der Waals surface area contributed by atoms with E-state index in [0.717, 1.165) is 19.4 Å². The monoisotopic (exact) mass is 195 g/mol. The predicted octanol–water partition coefficient (Wildman–Crippen LogP) is -0.143. The van der Waals surface area contributed by atoms with Crippen LogP contribution < -0.4 is 5.73 Å². The molecule has 1 heterocycles. The predicted molar refractivity (Wildman–Crippen MR) is 61.5 cm³/mol. The molecule has 0 spiro atoms. The molecule has 2 N–H and O–H groups in total. The molecule has 1 aliphatic heterocycles. The van der Waals surface area contributed by atoms with E-state index < -0.39 is 0 Å². The third-order valence-corrected chi connectivity index (χ3v) is 2.96. The van der Waals surface area contributed by atoms with Crippen LogP contribution in [0.1, 0.15) is 19.3 Å².